The molecule has 4 rings (SSSR count). The zero-order valence-electron chi connectivity index (χ0n) is 16.1. The monoisotopic (exact) mass is 373 g/mol. The van der Waals surface area contributed by atoms with E-state index in [4.69, 9.17) is 0 Å². The van der Waals surface area contributed by atoms with Gasteiger partial charge in [0.25, 0.3) is 0 Å². The van der Waals surface area contributed by atoms with Crippen LogP contribution in [0.1, 0.15) is 36.5 Å². The van der Waals surface area contributed by atoms with Crippen molar-refractivity contribution in [2.24, 2.45) is 0 Å². The molecular formula is C23H23N3S. The summed E-state index contributed by atoms with van der Waals surface area (Å²) >= 11 is 1.66. The van der Waals surface area contributed by atoms with E-state index in [1.165, 1.54) is 27.8 Å². The highest BCUT2D eigenvalue weighted by Gasteiger charge is 2.15. The molecule has 0 fully saturated rings. The third kappa shape index (κ3) is 3.33. The van der Waals surface area contributed by atoms with Crippen LogP contribution in [0, 0.1) is 13.8 Å². The quantitative estimate of drug-likeness (QED) is 0.425. The normalized spacial score (nSPS) is 11.3. The smallest absolute Gasteiger partial charge is 0.143 e. The van der Waals surface area contributed by atoms with E-state index in [1.807, 2.05) is 0 Å². The van der Waals surface area contributed by atoms with Crippen LogP contribution >= 0.6 is 11.3 Å². The third-order valence-electron chi connectivity index (χ3n) is 5.02. The Balaban J connectivity index is 1.85. The lowest BCUT2D eigenvalue weighted by Gasteiger charge is -2.15. The zero-order chi connectivity index (χ0) is 19.0. The predicted octanol–water partition coefficient (Wildman–Crippen LogP) is 6.84. The molecule has 0 saturated carbocycles. The van der Waals surface area contributed by atoms with Gasteiger partial charge in [0.2, 0.25) is 0 Å². The lowest BCUT2D eigenvalue weighted by molar-refractivity contribution is 0.869. The van der Waals surface area contributed by atoms with Crippen molar-refractivity contribution in [1.29, 1.82) is 0 Å². The summed E-state index contributed by atoms with van der Waals surface area (Å²) in [7, 11) is 0. The van der Waals surface area contributed by atoms with Gasteiger partial charge < -0.3 is 5.32 Å². The zero-order valence-corrected chi connectivity index (χ0v) is 16.9. The molecule has 0 spiro atoms. The number of thiophene rings is 1. The van der Waals surface area contributed by atoms with E-state index >= 15 is 0 Å². The largest absolute Gasteiger partial charge is 0.339 e. The van der Waals surface area contributed by atoms with Crippen LogP contribution in [0.5, 0.6) is 0 Å². The topological polar surface area (TPSA) is 37.8 Å². The molecule has 4 aromatic rings. The van der Waals surface area contributed by atoms with Crippen LogP contribution < -0.4 is 5.32 Å². The van der Waals surface area contributed by atoms with Crippen molar-refractivity contribution in [3.05, 3.63) is 70.9 Å². The summed E-state index contributed by atoms with van der Waals surface area (Å²) < 4.78 is 0. The van der Waals surface area contributed by atoms with E-state index in [1.54, 1.807) is 17.7 Å². The maximum absolute atomic E-state index is 4.59. The first-order valence-electron chi connectivity index (χ1n) is 9.20. The van der Waals surface area contributed by atoms with Gasteiger partial charge in [-0.2, -0.15) is 0 Å². The molecule has 2 heterocycles. The van der Waals surface area contributed by atoms with E-state index in [0.717, 1.165) is 21.7 Å². The van der Waals surface area contributed by atoms with Crippen LogP contribution in [0.3, 0.4) is 0 Å². The van der Waals surface area contributed by atoms with Crippen LogP contribution in [0.25, 0.3) is 21.3 Å². The molecule has 0 aliphatic carbocycles. The second-order valence-corrected chi connectivity index (χ2v) is 8.08. The molecular weight excluding hydrogens is 350 g/mol. The number of hydrogen-bond donors (Lipinski definition) is 1. The summed E-state index contributed by atoms with van der Waals surface area (Å²) in [5, 5.41) is 6.85. The summed E-state index contributed by atoms with van der Waals surface area (Å²) in [6.45, 7) is 8.72. The number of nitrogens with zero attached hydrogens (tertiary/aromatic N) is 2. The van der Waals surface area contributed by atoms with Crippen molar-refractivity contribution >= 4 is 33.1 Å². The Hall–Kier alpha value is -2.72. The first-order chi connectivity index (χ1) is 13.0. The fraction of sp³-hybridized carbons (Fsp3) is 0.217. The average Bonchev–Trinajstić information content (AvgIpc) is 3.09. The Bertz CT molecular complexity index is 1110. The minimum atomic E-state index is 0.438. The number of hydrogen-bond acceptors (Lipinski definition) is 4. The first kappa shape index (κ1) is 17.7. The molecule has 27 heavy (non-hydrogen) atoms. The maximum Gasteiger partial charge on any atom is 0.143 e. The van der Waals surface area contributed by atoms with Crippen molar-refractivity contribution < 1.29 is 0 Å². The fourth-order valence-corrected chi connectivity index (χ4v) is 4.25. The van der Waals surface area contributed by atoms with Gasteiger partial charge in [0.05, 0.1) is 5.39 Å². The van der Waals surface area contributed by atoms with Gasteiger partial charge in [-0.3, -0.25) is 0 Å². The van der Waals surface area contributed by atoms with Crippen molar-refractivity contribution in [2.45, 2.75) is 33.6 Å². The highest BCUT2D eigenvalue weighted by atomic mass is 32.1. The van der Waals surface area contributed by atoms with Crippen LogP contribution in [-0.4, -0.2) is 9.97 Å². The second-order valence-electron chi connectivity index (χ2n) is 7.22. The predicted molar refractivity (Wildman–Crippen MR) is 116 cm³/mol. The summed E-state index contributed by atoms with van der Waals surface area (Å²) in [5.41, 5.74) is 7.38. The molecule has 2 aromatic heterocycles. The third-order valence-corrected chi connectivity index (χ3v) is 5.91. The van der Waals surface area contributed by atoms with Gasteiger partial charge in [-0.25, -0.2) is 9.97 Å². The fourth-order valence-electron chi connectivity index (χ4n) is 3.33. The first-order valence-corrected chi connectivity index (χ1v) is 10.1. The number of benzene rings is 2. The number of anilines is 2. The SMILES string of the molecule is Cc1ccc(-c2csc3ncnc(Nc4ccccc4C(C)C)c23)cc1C. The lowest BCUT2D eigenvalue weighted by Crippen LogP contribution is -2.00. The lowest BCUT2D eigenvalue weighted by atomic mass is 10.00. The molecule has 0 bridgehead atoms. The summed E-state index contributed by atoms with van der Waals surface area (Å²) in [4.78, 5) is 10.1. The number of para-hydroxylation sites is 1. The Morgan fingerprint density at radius 1 is 0.963 bits per heavy atom. The molecule has 0 aliphatic rings. The standard InChI is InChI=1S/C23H23N3S/c1-14(2)18-7-5-6-8-20(18)26-22-21-19(12-27-23(21)25-13-24-22)17-10-9-15(3)16(4)11-17/h5-14H,1-4H3,(H,24,25,26). The molecule has 1 N–H and O–H groups in total. The maximum atomic E-state index is 4.59. The van der Waals surface area contributed by atoms with Crippen molar-refractivity contribution in [3.63, 3.8) is 0 Å². The van der Waals surface area contributed by atoms with Crippen LogP contribution in [0.2, 0.25) is 0 Å². The van der Waals surface area contributed by atoms with Crippen LogP contribution in [0.4, 0.5) is 11.5 Å². The summed E-state index contributed by atoms with van der Waals surface area (Å²) in [5.74, 6) is 1.30. The van der Waals surface area contributed by atoms with Gasteiger partial charge in [-0.05, 0) is 48.1 Å². The molecule has 0 saturated heterocycles. The van der Waals surface area contributed by atoms with Crippen LogP contribution in [-0.2, 0) is 0 Å². The van der Waals surface area contributed by atoms with E-state index in [2.05, 4.69) is 90.8 Å². The van der Waals surface area contributed by atoms with E-state index in [-0.39, 0.29) is 0 Å². The molecule has 3 nitrogen and oxygen atoms in total. The highest BCUT2D eigenvalue weighted by molar-refractivity contribution is 7.17. The molecule has 136 valence electrons. The summed E-state index contributed by atoms with van der Waals surface area (Å²) in [6, 6.07) is 15.0. The Morgan fingerprint density at radius 3 is 2.56 bits per heavy atom. The van der Waals surface area contributed by atoms with Gasteiger partial charge in [-0.15, -0.1) is 11.3 Å². The Labute approximate surface area is 164 Å². The van der Waals surface area contributed by atoms with E-state index in [0.29, 0.717) is 5.92 Å². The van der Waals surface area contributed by atoms with Crippen LogP contribution in [0.15, 0.2) is 54.2 Å². The highest BCUT2D eigenvalue weighted by Crippen LogP contribution is 2.38. The van der Waals surface area contributed by atoms with Crippen molar-refractivity contribution in [3.8, 4) is 11.1 Å². The molecule has 2 aromatic carbocycles. The van der Waals surface area contributed by atoms with Crippen molar-refractivity contribution in [2.75, 3.05) is 5.32 Å². The number of nitrogens with one attached hydrogen (secondary N) is 1. The van der Waals surface area contributed by atoms with Gasteiger partial charge in [-0.1, -0.05) is 50.2 Å². The van der Waals surface area contributed by atoms with E-state index in [9.17, 15) is 0 Å². The minimum absolute atomic E-state index is 0.438. The molecule has 0 aliphatic heterocycles. The minimum Gasteiger partial charge on any atom is -0.339 e. The van der Waals surface area contributed by atoms with Crippen molar-refractivity contribution in [1.82, 2.24) is 9.97 Å². The van der Waals surface area contributed by atoms with E-state index < -0.39 is 0 Å². The average molecular weight is 374 g/mol. The molecule has 0 unspecified atom stereocenters. The van der Waals surface area contributed by atoms with Gasteiger partial charge in [0, 0.05) is 16.6 Å². The molecule has 4 heteroatoms. The molecule has 0 atom stereocenters. The Kier molecular flexibility index (Phi) is 4.66. The number of rotatable bonds is 4. The number of aryl methyl sites for hydroxylation is 2. The number of aromatic nitrogens is 2. The molecule has 0 amide bonds. The van der Waals surface area contributed by atoms with Gasteiger partial charge in [0.1, 0.15) is 17.0 Å². The van der Waals surface area contributed by atoms with Gasteiger partial charge >= 0.3 is 0 Å². The Morgan fingerprint density at radius 2 is 1.78 bits per heavy atom. The molecule has 0 radical (unpaired) electrons. The van der Waals surface area contributed by atoms with Gasteiger partial charge in [0.15, 0.2) is 0 Å². The number of fused-ring (bicyclic) bond motifs is 1. The summed E-state index contributed by atoms with van der Waals surface area (Å²) in [6.07, 6.45) is 1.64. The second kappa shape index (κ2) is 7.12.